The summed E-state index contributed by atoms with van der Waals surface area (Å²) in [5.41, 5.74) is 3.33. The fraction of sp³-hybridized carbons (Fsp3) is 0.333. The van der Waals surface area contributed by atoms with Crippen LogP contribution in [-0.4, -0.2) is 29.5 Å². The molecule has 2 heterocycles. The van der Waals surface area contributed by atoms with Gasteiger partial charge >= 0.3 is 6.03 Å². The summed E-state index contributed by atoms with van der Waals surface area (Å²) < 4.78 is 13.7. The first-order valence-electron chi connectivity index (χ1n) is 11.9. The van der Waals surface area contributed by atoms with Crippen LogP contribution in [0.4, 0.5) is 10.5 Å². The third kappa shape index (κ3) is 6.36. The van der Waals surface area contributed by atoms with Gasteiger partial charge in [-0.3, -0.25) is 0 Å². The summed E-state index contributed by atoms with van der Waals surface area (Å²) in [7, 11) is 0. The Kier molecular flexibility index (Phi) is 8.82. The highest BCUT2D eigenvalue weighted by Gasteiger charge is 2.38. The van der Waals surface area contributed by atoms with Crippen molar-refractivity contribution in [2.24, 2.45) is 5.92 Å². The molecule has 1 fully saturated rings. The maximum atomic E-state index is 12.1. The number of aromatic nitrogens is 1. The van der Waals surface area contributed by atoms with Crippen LogP contribution in [0, 0.1) is 11.1 Å². The van der Waals surface area contributed by atoms with Gasteiger partial charge in [0.2, 0.25) is 0 Å². The number of urea groups is 1. The molecule has 0 aliphatic carbocycles. The molecule has 0 radical (unpaired) electrons. The van der Waals surface area contributed by atoms with E-state index < -0.39 is 6.29 Å². The predicted octanol–water partition coefficient (Wildman–Crippen LogP) is 4.54. The normalized spacial score (nSPS) is 21.6. The first kappa shape index (κ1) is 26.0. The highest BCUT2D eigenvalue weighted by Crippen LogP contribution is 2.43. The summed E-state index contributed by atoms with van der Waals surface area (Å²) in [4.78, 5) is 11.8. The molecular weight excluding hydrogens is 478 g/mol. The first-order chi connectivity index (χ1) is 17.5. The first-order valence-corrected chi connectivity index (χ1v) is 12.9. The average Bonchev–Trinajstić information content (AvgIpc) is 2.89. The molecule has 36 heavy (non-hydrogen) atoms. The predicted molar refractivity (Wildman–Crippen MR) is 138 cm³/mol. The minimum Gasteiger partial charge on any atom is -0.618 e. The van der Waals surface area contributed by atoms with Crippen molar-refractivity contribution in [3.05, 3.63) is 94.8 Å². The molecule has 2 aromatic carbocycles. The summed E-state index contributed by atoms with van der Waals surface area (Å²) >= 11 is 1.45. The maximum Gasteiger partial charge on any atom is 0.319 e. The van der Waals surface area contributed by atoms with E-state index in [9.17, 15) is 15.1 Å². The molecular formula is C27H31N3O5S. The molecule has 1 aromatic heterocycles. The number of pyridine rings is 1. The molecule has 190 valence electrons. The monoisotopic (exact) mass is 509 g/mol. The Labute approximate surface area is 215 Å². The summed E-state index contributed by atoms with van der Waals surface area (Å²) in [6.45, 7) is 4.47. The second kappa shape index (κ2) is 12.2. The van der Waals surface area contributed by atoms with Crippen molar-refractivity contribution in [2.75, 3.05) is 17.6 Å². The van der Waals surface area contributed by atoms with Crippen molar-refractivity contribution in [3.8, 4) is 0 Å². The molecule has 4 unspecified atom stereocenters. The third-order valence-corrected chi connectivity index (χ3v) is 7.19. The summed E-state index contributed by atoms with van der Waals surface area (Å²) in [5.74, 6) is 0.589. The molecule has 3 aromatic rings. The zero-order valence-corrected chi connectivity index (χ0v) is 21.1. The molecule has 1 saturated heterocycles. The quantitative estimate of drug-likeness (QED) is 0.234. The number of thioether (sulfide) groups is 1. The van der Waals surface area contributed by atoms with Crippen LogP contribution < -0.4 is 15.4 Å². The van der Waals surface area contributed by atoms with E-state index in [0.29, 0.717) is 23.0 Å². The minimum absolute atomic E-state index is 0.0104. The molecule has 0 spiro atoms. The van der Waals surface area contributed by atoms with Gasteiger partial charge in [0, 0.05) is 41.6 Å². The Balaban J connectivity index is 1.55. The number of ether oxygens (including phenoxy) is 2. The molecule has 3 N–H and O–H groups in total. The van der Waals surface area contributed by atoms with Crippen LogP contribution in [0.1, 0.15) is 42.9 Å². The Hall–Kier alpha value is -3.11. The molecule has 4 atom stereocenters. The highest BCUT2D eigenvalue weighted by atomic mass is 32.2. The van der Waals surface area contributed by atoms with Gasteiger partial charge in [-0.2, -0.15) is 4.73 Å². The molecule has 8 nitrogen and oxygen atoms in total. The Morgan fingerprint density at radius 3 is 2.44 bits per heavy atom. The number of carbonyl (C=O) groups excluding carboxylic acids is 1. The van der Waals surface area contributed by atoms with Gasteiger partial charge in [0.1, 0.15) is 0 Å². The van der Waals surface area contributed by atoms with Crippen LogP contribution in [0.3, 0.4) is 0 Å². The van der Waals surface area contributed by atoms with Gasteiger partial charge in [0.25, 0.3) is 5.03 Å². The van der Waals surface area contributed by atoms with Crippen molar-refractivity contribution in [1.29, 1.82) is 0 Å². The molecule has 9 heteroatoms. The molecule has 0 saturated carbocycles. The smallest absolute Gasteiger partial charge is 0.319 e. The fourth-order valence-electron chi connectivity index (χ4n) is 4.06. The number of amides is 2. The third-order valence-electron chi connectivity index (χ3n) is 6.09. The van der Waals surface area contributed by atoms with Crippen molar-refractivity contribution >= 4 is 23.5 Å². The van der Waals surface area contributed by atoms with Gasteiger partial charge in [-0.1, -0.05) is 55.1 Å². The van der Waals surface area contributed by atoms with Gasteiger partial charge in [-0.05, 0) is 36.2 Å². The van der Waals surface area contributed by atoms with E-state index in [1.807, 2.05) is 61.5 Å². The van der Waals surface area contributed by atoms with E-state index in [1.54, 1.807) is 12.1 Å². The number of hydrogen-bond donors (Lipinski definition) is 3. The number of nitrogens with one attached hydrogen (secondary N) is 2. The SMILES string of the molecule is CCNC(=O)Nc1ccc(C2OC(CSc3cccc[n+]3[O-])C(C)C(c3ccc(CO)cc3)O2)cc1. The highest BCUT2D eigenvalue weighted by molar-refractivity contribution is 7.99. The van der Waals surface area contributed by atoms with Crippen molar-refractivity contribution < 1.29 is 24.1 Å². The Bertz CT molecular complexity index is 1140. The fourth-order valence-corrected chi connectivity index (χ4v) is 5.14. The number of aliphatic hydroxyl groups excluding tert-OH is 1. The lowest BCUT2D eigenvalue weighted by Gasteiger charge is -2.41. The zero-order valence-electron chi connectivity index (χ0n) is 20.3. The topological polar surface area (TPSA) is 107 Å². The van der Waals surface area contributed by atoms with Gasteiger partial charge < -0.3 is 30.4 Å². The molecule has 1 aliphatic rings. The number of carbonyl (C=O) groups is 1. The van der Waals surface area contributed by atoms with Crippen LogP contribution in [0.2, 0.25) is 0 Å². The van der Waals surface area contributed by atoms with Crippen molar-refractivity contribution in [1.82, 2.24) is 5.32 Å². The maximum absolute atomic E-state index is 12.1. The van der Waals surface area contributed by atoms with Gasteiger partial charge in [-0.15, -0.1) is 0 Å². The van der Waals surface area contributed by atoms with E-state index in [-0.39, 0.29) is 30.8 Å². The number of hydrogen-bond acceptors (Lipinski definition) is 6. The molecule has 1 aliphatic heterocycles. The summed E-state index contributed by atoms with van der Waals surface area (Å²) in [5, 5.41) is 27.7. The lowest BCUT2D eigenvalue weighted by atomic mass is 9.91. The second-order valence-corrected chi connectivity index (χ2v) is 9.64. The van der Waals surface area contributed by atoms with Crippen LogP contribution in [0.25, 0.3) is 0 Å². The molecule has 0 bridgehead atoms. The largest absolute Gasteiger partial charge is 0.618 e. The van der Waals surface area contributed by atoms with Crippen LogP contribution in [-0.2, 0) is 16.1 Å². The number of aliphatic hydroxyl groups is 1. The molecule has 2 amide bonds. The van der Waals surface area contributed by atoms with Crippen molar-refractivity contribution in [2.45, 2.75) is 44.0 Å². The van der Waals surface area contributed by atoms with Crippen LogP contribution >= 0.6 is 11.8 Å². The molecule has 4 rings (SSSR count). The average molecular weight is 510 g/mol. The standard InChI is InChI=1S/C27H31N3O5S/c1-3-28-27(32)29-22-13-11-21(12-14-22)26-34-23(17-36-24-6-4-5-15-30(24)33)18(2)25(35-26)20-9-7-19(16-31)8-10-20/h4-15,18,23,25-26,31H,3,16-17H2,1-2H3,(H2,28,29,32). The lowest BCUT2D eigenvalue weighted by molar-refractivity contribution is -0.645. The Morgan fingerprint density at radius 2 is 1.78 bits per heavy atom. The summed E-state index contributed by atoms with van der Waals surface area (Å²) in [6, 6.07) is 20.2. The number of nitrogens with zero attached hydrogens (tertiary/aromatic N) is 1. The Morgan fingerprint density at radius 1 is 1.06 bits per heavy atom. The lowest BCUT2D eigenvalue weighted by Crippen LogP contribution is -2.39. The number of benzene rings is 2. The van der Waals surface area contributed by atoms with E-state index in [0.717, 1.165) is 21.4 Å². The van der Waals surface area contributed by atoms with E-state index in [2.05, 4.69) is 17.6 Å². The minimum atomic E-state index is -0.622. The van der Waals surface area contributed by atoms with Gasteiger partial charge in [0.05, 0.1) is 18.8 Å². The van der Waals surface area contributed by atoms with E-state index in [1.165, 1.54) is 18.0 Å². The van der Waals surface area contributed by atoms with E-state index >= 15 is 0 Å². The van der Waals surface area contributed by atoms with Crippen molar-refractivity contribution in [3.63, 3.8) is 0 Å². The summed E-state index contributed by atoms with van der Waals surface area (Å²) in [6.07, 6.45) is 0.430. The van der Waals surface area contributed by atoms with Crippen LogP contribution in [0.5, 0.6) is 0 Å². The zero-order chi connectivity index (χ0) is 25.5. The number of rotatable bonds is 8. The number of anilines is 1. The van der Waals surface area contributed by atoms with Crippen LogP contribution in [0.15, 0.2) is 78.0 Å². The van der Waals surface area contributed by atoms with Gasteiger partial charge in [-0.25, -0.2) is 4.79 Å². The van der Waals surface area contributed by atoms with E-state index in [4.69, 9.17) is 9.47 Å². The van der Waals surface area contributed by atoms with Gasteiger partial charge in [0.15, 0.2) is 12.5 Å². The second-order valence-electron chi connectivity index (χ2n) is 8.60.